The molecule has 2 rings (SSSR count). The van der Waals surface area contributed by atoms with E-state index in [9.17, 15) is 0 Å². The van der Waals surface area contributed by atoms with Gasteiger partial charge >= 0.3 is 0 Å². The summed E-state index contributed by atoms with van der Waals surface area (Å²) >= 11 is 1.71. The van der Waals surface area contributed by atoms with Crippen LogP contribution >= 0.6 is 11.3 Å². The van der Waals surface area contributed by atoms with Gasteiger partial charge in [0.25, 0.3) is 0 Å². The fourth-order valence-corrected chi connectivity index (χ4v) is 2.89. The van der Waals surface area contributed by atoms with Gasteiger partial charge in [0.2, 0.25) is 0 Å². The molecule has 0 aliphatic heterocycles. The molecule has 0 radical (unpaired) electrons. The molecule has 1 heterocycles. The van der Waals surface area contributed by atoms with Gasteiger partial charge in [-0.1, -0.05) is 31.5 Å². The first-order chi connectivity index (χ1) is 10.0. The Hall–Kier alpha value is -1.39. The first-order valence-corrected chi connectivity index (χ1v) is 8.20. The van der Waals surface area contributed by atoms with Gasteiger partial charge in [0, 0.05) is 17.6 Å². The quantitative estimate of drug-likeness (QED) is 0.837. The Kier molecular flexibility index (Phi) is 5.76. The summed E-state index contributed by atoms with van der Waals surface area (Å²) in [5.74, 6) is 1.61. The summed E-state index contributed by atoms with van der Waals surface area (Å²) in [5.41, 5.74) is 2.43. The maximum Gasteiger partial charge on any atom is 0.140 e. The molecule has 2 aromatic rings. The number of aryl methyl sites for hydroxylation is 2. The molecule has 114 valence electrons. The van der Waals surface area contributed by atoms with Crippen LogP contribution in [0.4, 0.5) is 0 Å². The first-order valence-electron chi connectivity index (χ1n) is 7.39. The zero-order valence-corrected chi connectivity index (χ0v) is 14.1. The van der Waals surface area contributed by atoms with Crippen molar-refractivity contribution in [2.45, 2.75) is 40.8 Å². The number of rotatable bonds is 7. The summed E-state index contributed by atoms with van der Waals surface area (Å²) in [6.07, 6.45) is 1.94. The lowest BCUT2D eigenvalue weighted by Gasteiger charge is -2.08. The Labute approximate surface area is 131 Å². The molecule has 0 aliphatic rings. The summed E-state index contributed by atoms with van der Waals surface area (Å²) < 4.78 is 5.86. The average Bonchev–Trinajstić information content (AvgIpc) is 2.85. The Morgan fingerprint density at radius 1 is 1.29 bits per heavy atom. The molecule has 1 N–H and O–H groups in total. The molecule has 3 nitrogen and oxygen atoms in total. The molecule has 1 aromatic heterocycles. The Balaban J connectivity index is 1.85. The van der Waals surface area contributed by atoms with Crippen LogP contribution in [0.15, 0.2) is 24.4 Å². The van der Waals surface area contributed by atoms with Crippen molar-refractivity contribution in [1.82, 2.24) is 10.3 Å². The Morgan fingerprint density at radius 2 is 2.10 bits per heavy atom. The van der Waals surface area contributed by atoms with E-state index in [-0.39, 0.29) is 0 Å². The van der Waals surface area contributed by atoms with Crippen molar-refractivity contribution < 1.29 is 4.74 Å². The van der Waals surface area contributed by atoms with E-state index in [0.29, 0.717) is 12.5 Å². The van der Waals surface area contributed by atoms with E-state index in [4.69, 9.17) is 4.74 Å². The van der Waals surface area contributed by atoms with Gasteiger partial charge in [-0.25, -0.2) is 4.98 Å². The van der Waals surface area contributed by atoms with E-state index >= 15 is 0 Å². The molecule has 0 amide bonds. The molecule has 0 unspecified atom stereocenters. The lowest BCUT2D eigenvalue weighted by Crippen LogP contribution is -2.18. The molecule has 0 saturated carbocycles. The highest BCUT2D eigenvalue weighted by molar-refractivity contribution is 7.11. The number of hydrogen-bond donors (Lipinski definition) is 1. The van der Waals surface area contributed by atoms with Crippen LogP contribution in [0.1, 0.15) is 34.9 Å². The molecular formula is C17H24N2OS. The number of aromatic nitrogens is 1. The second kappa shape index (κ2) is 7.57. The molecule has 0 aliphatic carbocycles. The Morgan fingerprint density at radius 3 is 2.81 bits per heavy atom. The van der Waals surface area contributed by atoms with Gasteiger partial charge in [-0.15, -0.1) is 11.3 Å². The predicted molar refractivity (Wildman–Crippen MR) is 88.9 cm³/mol. The third kappa shape index (κ3) is 5.14. The summed E-state index contributed by atoms with van der Waals surface area (Å²) in [4.78, 5) is 5.69. The van der Waals surface area contributed by atoms with Crippen LogP contribution in [0.2, 0.25) is 0 Å². The third-order valence-electron chi connectivity index (χ3n) is 3.13. The predicted octanol–water partition coefficient (Wildman–Crippen LogP) is 4.08. The minimum Gasteiger partial charge on any atom is -0.486 e. The molecule has 4 heteroatoms. The van der Waals surface area contributed by atoms with Crippen LogP contribution in [0.25, 0.3) is 0 Å². The van der Waals surface area contributed by atoms with Gasteiger partial charge in [-0.05, 0) is 37.9 Å². The van der Waals surface area contributed by atoms with Crippen LogP contribution in [0.3, 0.4) is 0 Å². The van der Waals surface area contributed by atoms with Gasteiger partial charge in [0.15, 0.2) is 0 Å². The minimum absolute atomic E-state index is 0.540. The number of benzene rings is 1. The molecule has 0 saturated heterocycles. The summed E-state index contributed by atoms with van der Waals surface area (Å²) in [5, 5.41) is 4.46. The van der Waals surface area contributed by atoms with Gasteiger partial charge < -0.3 is 10.1 Å². The van der Waals surface area contributed by atoms with Crippen molar-refractivity contribution in [3.8, 4) is 5.75 Å². The highest BCUT2D eigenvalue weighted by Gasteiger charge is 2.05. The van der Waals surface area contributed by atoms with E-state index in [1.54, 1.807) is 11.3 Å². The standard InChI is InChI=1S/C17H24N2OS/c1-12(2)8-18-9-15-10-19-17(21-15)11-20-16-6-5-13(3)7-14(16)4/h5-7,10,12,18H,8-9,11H2,1-4H3. The number of ether oxygens (including phenoxy) is 1. The van der Waals surface area contributed by atoms with Crippen molar-refractivity contribution in [3.63, 3.8) is 0 Å². The monoisotopic (exact) mass is 304 g/mol. The summed E-state index contributed by atoms with van der Waals surface area (Å²) in [7, 11) is 0. The molecule has 0 spiro atoms. The van der Waals surface area contributed by atoms with Crippen LogP contribution < -0.4 is 10.1 Å². The number of nitrogens with zero attached hydrogens (tertiary/aromatic N) is 1. The highest BCUT2D eigenvalue weighted by Crippen LogP contribution is 2.21. The molecule has 0 fully saturated rings. The molecule has 0 bridgehead atoms. The first kappa shape index (κ1) is 16.0. The van der Waals surface area contributed by atoms with Crippen LogP contribution in [-0.2, 0) is 13.2 Å². The highest BCUT2D eigenvalue weighted by atomic mass is 32.1. The van der Waals surface area contributed by atoms with Gasteiger partial charge in [0.1, 0.15) is 17.4 Å². The van der Waals surface area contributed by atoms with Crippen molar-refractivity contribution in [2.75, 3.05) is 6.54 Å². The van der Waals surface area contributed by atoms with E-state index in [0.717, 1.165) is 23.8 Å². The van der Waals surface area contributed by atoms with Crippen LogP contribution in [0, 0.1) is 19.8 Å². The fourth-order valence-electron chi connectivity index (χ4n) is 2.08. The minimum atomic E-state index is 0.540. The van der Waals surface area contributed by atoms with Crippen LogP contribution in [0.5, 0.6) is 5.75 Å². The van der Waals surface area contributed by atoms with Gasteiger partial charge in [-0.2, -0.15) is 0 Å². The van der Waals surface area contributed by atoms with Gasteiger partial charge in [-0.3, -0.25) is 0 Å². The van der Waals surface area contributed by atoms with E-state index in [1.165, 1.54) is 16.0 Å². The molecule has 21 heavy (non-hydrogen) atoms. The number of nitrogens with one attached hydrogen (secondary N) is 1. The number of thiazole rings is 1. The molecule has 0 atom stereocenters. The van der Waals surface area contributed by atoms with E-state index in [1.807, 2.05) is 12.3 Å². The topological polar surface area (TPSA) is 34.1 Å². The van der Waals surface area contributed by atoms with Crippen molar-refractivity contribution in [2.24, 2.45) is 5.92 Å². The average molecular weight is 304 g/mol. The van der Waals surface area contributed by atoms with Crippen molar-refractivity contribution in [1.29, 1.82) is 0 Å². The van der Waals surface area contributed by atoms with Crippen molar-refractivity contribution in [3.05, 3.63) is 45.4 Å². The van der Waals surface area contributed by atoms with Crippen LogP contribution in [-0.4, -0.2) is 11.5 Å². The zero-order valence-electron chi connectivity index (χ0n) is 13.3. The lowest BCUT2D eigenvalue weighted by atomic mass is 10.1. The number of hydrogen-bond acceptors (Lipinski definition) is 4. The third-order valence-corrected chi connectivity index (χ3v) is 4.11. The fraction of sp³-hybridized carbons (Fsp3) is 0.471. The van der Waals surface area contributed by atoms with Crippen molar-refractivity contribution >= 4 is 11.3 Å². The second-order valence-corrected chi connectivity index (χ2v) is 7.00. The molecule has 1 aromatic carbocycles. The van der Waals surface area contributed by atoms with E-state index in [2.05, 4.69) is 50.1 Å². The largest absolute Gasteiger partial charge is 0.486 e. The second-order valence-electron chi connectivity index (χ2n) is 5.80. The maximum atomic E-state index is 5.86. The van der Waals surface area contributed by atoms with Gasteiger partial charge in [0.05, 0.1) is 0 Å². The van der Waals surface area contributed by atoms with E-state index < -0.39 is 0 Å². The summed E-state index contributed by atoms with van der Waals surface area (Å²) in [6.45, 7) is 11.1. The summed E-state index contributed by atoms with van der Waals surface area (Å²) in [6, 6.07) is 6.24. The zero-order chi connectivity index (χ0) is 15.2. The Bertz CT molecular complexity index is 578. The molecular weight excluding hydrogens is 280 g/mol. The lowest BCUT2D eigenvalue weighted by molar-refractivity contribution is 0.303. The smallest absolute Gasteiger partial charge is 0.140 e. The normalized spacial score (nSPS) is 11.1. The SMILES string of the molecule is Cc1ccc(OCc2ncc(CNCC(C)C)s2)c(C)c1. The maximum absolute atomic E-state index is 5.86.